The van der Waals surface area contributed by atoms with Crippen molar-refractivity contribution in [2.75, 3.05) is 0 Å². The first-order chi connectivity index (χ1) is 20.5. The van der Waals surface area contributed by atoms with Crippen molar-refractivity contribution in [3.63, 3.8) is 0 Å². The van der Waals surface area contributed by atoms with Crippen LogP contribution in [-0.2, 0) is 29.2 Å². The summed E-state index contributed by atoms with van der Waals surface area (Å²) in [4.78, 5) is 34.2. The van der Waals surface area contributed by atoms with Crippen LogP contribution in [0, 0.1) is 6.92 Å². The fraction of sp³-hybridized carbons (Fsp3) is 0.156. The lowest BCUT2D eigenvalue weighted by atomic mass is 10.0. The number of hydrogen-bond donors (Lipinski definition) is 2. The summed E-state index contributed by atoms with van der Waals surface area (Å²) in [6.45, 7) is 2.13. The van der Waals surface area contributed by atoms with Gasteiger partial charge in [-0.25, -0.2) is 0 Å². The highest BCUT2D eigenvalue weighted by atomic mass is 16.3. The third-order valence-corrected chi connectivity index (χ3v) is 6.99. The van der Waals surface area contributed by atoms with Crippen LogP contribution in [0.3, 0.4) is 0 Å². The number of para-hydroxylation sites is 1. The van der Waals surface area contributed by atoms with Gasteiger partial charge in [-0.05, 0) is 41.5 Å². The molecule has 0 aliphatic heterocycles. The van der Waals surface area contributed by atoms with E-state index in [0.29, 0.717) is 17.9 Å². The molecule has 0 radical (unpaired) electrons. The van der Waals surface area contributed by atoms with Crippen molar-refractivity contribution in [3.05, 3.63) is 126 Å². The van der Waals surface area contributed by atoms with E-state index in [-0.39, 0.29) is 30.7 Å². The maximum Gasteiger partial charge on any atom is 0.247 e. The van der Waals surface area contributed by atoms with E-state index in [9.17, 15) is 9.59 Å². The molecule has 1 unspecified atom stereocenters. The van der Waals surface area contributed by atoms with Crippen molar-refractivity contribution in [1.82, 2.24) is 35.4 Å². The molecule has 1 atom stereocenters. The molecular weight excluding hydrogens is 530 g/mol. The average Bonchev–Trinajstić information content (AvgIpc) is 3.77. The Balaban J connectivity index is 1.36. The Labute approximate surface area is 242 Å². The van der Waals surface area contributed by atoms with E-state index in [1.165, 1.54) is 4.80 Å². The van der Waals surface area contributed by atoms with Gasteiger partial charge in [0.15, 0.2) is 5.76 Å². The summed E-state index contributed by atoms with van der Waals surface area (Å²) in [5.74, 6) is 0.813. The van der Waals surface area contributed by atoms with Crippen LogP contribution >= 0.6 is 0 Å². The summed E-state index contributed by atoms with van der Waals surface area (Å²) in [6.07, 6.45) is 1.80. The Morgan fingerprint density at radius 3 is 2.38 bits per heavy atom. The number of tetrazole rings is 1. The molecule has 0 aliphatic rings. The second-order valence-electron chi connectivity index (χ2n) is 9.96. The van der Waals surface area contributed by atoms with Crippen molar-refractivity contribution < 1.29 is 14.0 Å². The van der Waals surface area contributed by atoms with E-state index in [1.807, 2.05) is 97.9 Å². The minimum atomic E-state index is -0.937. The van der Waals surface area contributed by atoms with Crippen molar-refractivity contribution in [1.29, 1.82) is 0 Å². The third kappa shape index (κ3) is 5.83. The largest absolute Gasteiger partial charge is 0.458 e. The minimum absolute atomic E-state index is 0.196. The van der Waals surface area contributed by atoms with Crippen LogP contribution in [0.15, 0.2) is 108 Å². The van der Waals surface area contributed by atoms with E-state index in [2.05, 4.69) is 25.7 Å². The fourth-order valence-electron chi connectivity index (χ4n) is 4.93. The molecule has 0 fully saturated rings. The highest BCUT2D eigenvalue weighted by Gasteiger charge is 2.34. The van der Waals surface area contributed by atoms with Gasteiger partial charge >= 0.3 is 0 Å². The quantitative estimate of drug-likeness (QED) is 0.248. The zero-order valence-electron chi connectivity index (χ0n) is 23.0. The number of nitrogens with zero attached hydrogens (tertiary/aromatic N) is 5. The van der Waals surface area contributed by atoms with Gasteiger partial charge in [0.25, 0.3) is 0 Å². The van der Waals surface area contributed by atoms with Crippen molar-refractivity contribution >= 4 is 22.7 Å². The van der Waals surface area contributed by atoms with Crippen LogP contribution in [0.5, 0.6) is 0 Å². The minimum Gasteiger partial charge on any atom is -0.458 e. The molecule has 0 bridgehead atoms. The number of carbonyl (C=O) groups excluding carboxylic acids is 2. The number of rotatable bonds is 10. The molecule has 3 heterocycles. The first-order valence-corrected chi connectivity index (χ1v) is 13.6. The Bertz CT molecular complexity index is 1810. The van der Waals surface area contributed by atoms with Gasteiger partial charge < -0.3 is 19.6 Å². The number of nitrogens with one attached hydrogen (secondary N) is 2. The SMILES string of the molecule is Cc1ccc(-c2nnn(CC(=O)N(Cc3ccccc3)C(C(=O)NCc3ccccc3)c3c[nH]c4ccccc34)n2)o1. The molecule has 3 aromatic carbocycles. The van der Waals surface area contributed by atoms with Gasteiger partial charge in [-0.3, -0.25) is 9.59 Å². The number of benzene rings is 3. The molecule has 0 saturated heterocycles. The third-order valence-electron chi connectivity index (χ3n) is 6.99. The van der Waals surface area contributed by atoms with Gasteiger partial charge in [0.2, 0.25) is 17.6 Å². The zero-order valence-corrected chi connectivity index (χ0v) is 23.0. The lowest BCUT2D eigenvalue weighted by molar-refractivity contribution is -0.142. The summed E-state index contributed by atoms with van der Waals surface area (Å²) in [6, 6.07) is 29.6. The molecule has 6 rings (SSSR count). The number of amides is 2. The summed E-state index contributed by atoms with van der Waals surface area (Å²) in [5, 5.41) is 16.4. The van der Waals surface area contributed by atoms with E-state index >= 15 is 0 Å². The zero-order chi connectivity index (χ0) is 28.9. The average molecular weight is 560 g/mol. The van der Waals surface area contributed by atoms with Gasteiger partial charge in [-0.2, -0.15) is 4.80 Å². The maximum absolute atomic E-state index is 14.1. The fourth-order valence-corrected chi connectivity index (χ4v) is 4.93. The van der Waals surface area contributed by atoms with Crippen LogP contribution in [0.4, 0.5) is 0 Å². The molecule has 2 N–H and O–H groups in total. The Hall–Kier alpha value is -5.51. The molecule has 10 heteroatoms. The molecule has 6 aromatic rings. The van der Waals surface area contributed by atoms with E-state index in [1.54, 1.807) is 17.2 Å². The molecule has 0 aliphatic carbocycles. The standard InChI is InChI=1S/C32H29N7O3/c1-22-16-17-28(42-22)31-35-37-39(36-31)21-29(40)38(20-24-12-6-3-7-13-24)30(26-19-33-27-15-9-8-14-25(26)27)32(41)34-18-23-10-4-2-5-11-23/h2-17,19,30,33H,18,20-21H2,1H3,(H,34,41). The van der Waals surface area contributed by atoms with Crippen molar-refractivity contribution in [2.24, 2.45) is 0 Å². The van der Waals surface area contributed by atoms with Crippen molar-refractivity contribution in [3.8, 4) is 11.6 Å². The lowest BCUT2D eigenvalue weighted by Gasteiger charge is -2.31. The number of fused-ring (bicyclic) bond motifs is 1. The predicted molar refractivity (Wildman–Crippen MR) is 157 cm³/mol. The molecule has 2 amide bonds. The van der Waals surface area contributed by atoms with Crippen LogP contribution in [-0.4, -0.2) is 41.9 Å². The van der Waals surface area contributed by atoms with Crippen molar-refractivity contribution in [2.45, 2.75) is 32.6 Å². The first-order valence-electron chi connectivity index (χ1n) is 13.6. The topological polar surface area (TPSA) is 122 Å². The Morgan fingerprint density at radius 1 is 0.929 bits per heavy atom. The number of aromatic amines is 1. The van der Waals surface area contributed by atoms with Gasteiger partial charge in [-0.15, -0.1) is 10.2 Å². The molecule has 42 heavy (non-hydrogen) atoms. The van der Waals surface area contributed by atoms with Crippen LogP contribution in [0.25, 0.3) is 22.5 Å². The van der Waals surface area contributed by atoms with Gasteiger partial charge in [0, 0.05) is 35.8 Å². The number of H-pyrrole nitrogens is 1. The van der Waals surface area contributed by atoms with Gasteiger partial charge in [0.05, 0.1) is 0 Å². The maximum atomic E-state index is 14.1. The molecule has 210 valence electrons. The molecule has 10 nitrogen and oxygen atoms in total. The van der Waals surface area contributed by atoms with Crippen LogP contribution in [0.1, 0.15) is 28.5 Å². The van der Waals surface area contributed by atoms with Gasteiger partial charge in [0.1, 0.15) is 18.3 Å². The molecule has 0 spiro atoms. The van der Waals surface area contributed by atoms with E-state index in [4.69, 9.17) is 4.42 Å². The molecular formula is C32H29N7O3. The second kappa shape index (κ2) is 11.9. The highest BCUT2D eigenvalue weighted by molar-refractivity contribution is 5.94. The van der Waals surface area contributed by atoms with Crippen LogP contribution in [0.2, 0.25) is 0 Å². The smallest absolute Gasteiger partial charge is 0.247 e. The monoisotopic (exact) mass is 559 g/mol. The second-order valence-corrected chi connectivity index (χ2v) is 9.96. The van der Waals surface area contributed by atoms with E-state index < -0.39 is 6.04 Å². The number of carbonyl (C=O) groups is 2. The predicted octanol–water partition coefficient (Wildman–Crippen LogP) is 4.81. The van der Waals surface area contributed by atoms with Crippen LogP contribution < -0.4 is 5.32 Å². The number of aromatic nitrogens is 5. The Morgan fingerprint density at radius 2 is 1.64 bits per heavy atom. The highest BCUT2D eigenvalue weighted by Crippen LogP contribution is 2.30. The number of hydrogen-bond acceptors (Lipinski definition) is 6. The van der Waals surface area contributed by atoms with E-state index in [0.717, 1.165) is 27.8 Å². The first kappa shape index (κ1) is 26.7. The molecule has 0 saturated carbocycles. The summed E-state index contributed by atoms with van der Waals surface area (Å²) < 4.78 is 5.61. The number of aryl methyl sites for hydroxylation is 1. The summed E-state index contributed by atoms with van der Waals surface area (Å²) in [7, 11) is 0. The Kier molecular flexibility index (Phi) is 7.58. The normalized spacial score (nSPS) is 11.8. The summed E-state index contributed by atoms with van der Waals surface area (Å²) >= 11 is 0. The summed E-state index contributed by atoms with van der Waals surface area (Å²) in [5.41, 5.74) is 3.40. The lowest BCUT2D eigenvalue weighted by Crippen LogP contribution is -2.44. The molecule has 3 aromatic heterocycles. The van der Waals surface area contributed by atoms with Gasteiger partial charge in [-0.1, -0.05) is 78.9 Å². The number of furan rings is 1.